The number of terminal acetylenes is 1. The molecule has 1 aliphatic rings. The molecule has 1 heterocycles. The van der Waals surface area contributed by atoms with Crippen molar-refractivity contribution >= 4 is 0 Å². The number of hydrogen-bond donors (Lipinski definition) is 0. The Hall–Kier alpha value is -2.08. The average molecular weight is 195 g/mol. The van der Waals surface area contributed by atoms with Crippen molar-refractivity contribution in [2.45, 2.75) is 13.0 Å². The van der Waals surface area contributed by atoms with Crippen LogP contribution in [0.2, 0.25) is 0 Å². The minimum absolute atomic E-state index is 0.483. The van der Waals surface area contributed by atoms with Gasteiger partial charge in [0.1, 0.15) is 6.54 Å². The summed E-state index contributed by atoms with van der Waals surface area (Å²) >= 11 is 0. The van der Waals surface area contributed by atoms with Gasteiger partial charge in [-0.1, -0.05) is 35.4 Å². The van der Waals surface area contributed by atoms with Gasteiger partial charge in [0.15, 0.2) is 0 Å². The maximum Gasteiger partial charge on any atom is 0.104 e. The molecule has 0 unspecified atom stereocenters. The minimum Gasteiger partial charge on any atom is -0.232 e. The van der Waals surface area contributed by atoms with Gasteiger partial charge in [-0.2, -0.15) is 0 Å². The van der Waals surface area contributed by atoms with Crippen LogP contribution in [0.5, 0.6) is 0 Å². The summed E-state index contributed by atoms with van der Waals surface area (Å²) in [6.45, 7) is 0.483. The van der Waals surface area contributed by atoms with Crippen LogP contribution in [-0.2, 0) is 13.0 Å². The van der Waals surface area contributed by atoms with Gasteiger partial charge in [-0.25, -0.2) is 4.68 Å². The Balaban J connectivity index is 2.21. The molecule has 3 nitrogen and oxygen atoms in total. The zero-order valence-corrected chi connectivity index (χ0v) is 8.14. The summed E-state index contributed by atoms with van der Waals surface area (Å²) in [5.74, 6) is 2.59. The smallest absolute Gasteiger partial charge is 0.104 e. The van der Waals surface area contributed by atoms with E-state index in [1.807, 2.05) is 12.1 Å². The third-order valence-corrected chi connectivity index (χ3v) is 2.68. The minimum atomic E-state index is 0.483. The molecule has 15 heavy (non-hydrogen) atoms. The van der Waals surface area contributed by atoms with Gasteiger partial charge in [-0.3, -0.25) is 0 Å². The first-order valence-corrected chi connectivity index (χ1v) is 4.84. The maximum absolute atomic E-state index is 5.30. The molecule has 3 heteroatoms. The molecular weight excluding hydrogens is 186 g/mol. The summed E-state index contributed by atoms with van der Waals surface area (Å²) in [6, 6.07) is 8.29. The van der Waals surface area contributed by atoms with Crippen LogP contribution in [0.15, 0.2) is 24.3 Å². The molecule has 1 aromatic heterocycles. The van der Waals surface area contributed by atoms with Gasteiger partial charge in [0.25, 0.3) is 0 Å². The highest BCUT2D eigenvalue weighted by Crippen LogP contribution is 2.34. The van der Waals surface area contributed by atoms with Gasteiger partial charge in [0, 0.05) is 12.0 Å². The predicted octanol–water partition coefficient (Wildman–Crippen LogP) is 1.48. The number of hydrogen-bond acceptors (Lipinski definition) is 2. The van der Waals surface area contributed by atoms with Crippen LogP contribution in [0.4, 0.5) is 0 Å². The van der Waals surface area contributed by atoms with Gasteiger partial charge in [-0.05, 0) is 5.56 Å². The summed E-state index contributed by atoms with van der Waals surface area (Å²) in [4.78, 5) is 0. The fraction of sp³-hybridized carbons (Fsp3) is 0.167. The molecule has 0 saturated carbocycles. The third-order valence-electron chi connectivity index (χ3n) is 2.68. The zero-order chi connectivity index (χ0) is 10.3. The SMILES string of the molecule is C#CCn1nnc2c1-c1ccccc1C2. The Bertz CT molecular complexity index is 560. The van der Waals surface area contributed by atoms with Crippen LogP contribution in [0.3, 0.4) is 0 Å². The van der Waals surface area contributed by atoms with E-state index >= 15 is 0 Å². The molecule has 0 spiro atoms. The molecule has 0 radical (unpaired) electrons. The van der Waals surface area contributed by atoms with Crippen LogP contribution < -0.4 is 0 Å². The molecular formula is C12H9N3. The predicted molar refractivity (Wildman–Crippen MR) is 57.1 cm³/mol. The van der Waals surface area contributed by atoms with Crippen LogP contribution in [0.1, 0.15) is 11.3 Å². The molecule has 72 valence electrons. The summed E-state index contributed by atoms with van der Waals surface area (Å²) in [7, 11) is 0. The molecule has 1 aromatic carbocycles. The van der Waals surface area contributed by atoms with E-state index in [0.29, 0.717) is 6.54 Å². The summed E-state index contributed by atoms with van der Waals surface area (Å²) in [5, 5.41) is 8.20. The van der Waals surface area contributed by atoms with E-state index in [0.717, 1.165) is 17.8 Å². The quantitative estimate of drug-likeness (QED) is 0.551. The first kappa shape index (κ1) is 8.25. The average Bonchev–Trinajstić information content (AvgIpc) is 2.78. The Kier molecular flexibility index (Phi) is 1.63. The maximum atomic E-state index is 5.30. The molecule has 3 rings (SSSR count). The second-order valence-electron chi connectivity index (χ2n) is 3.58. The van der Waals surface area contributed by atoms with E-state index in [-0.39, 0.29) is 0 Å². The summed E-state index contributed by atoms with van der Waals surface area (Å²) < 4.78 is 1.79. The lowest BCUT2D eigenvalue weighted by Crippen LogP contribution is -2.00. The molecule has 0 N–H and O–H groups in total. The fourth-order valence-electron chi connectivity index (χ4n) is 2.05. The Morgan fingerprint density at radius 3 is 3.13 bits per heavy atom. The largest absolute Gasteiger partial charge is 0.232 e. The van der Waals surface area contributed by atoms with E-state index in [2.05, 4.69) is 28.4 Å². The van der Waals surface area contributed by atoms with E-state index in [1.54, 1.807) is 4.68 Å². The Morgan fingerprint density at radius 1 is 1.40 bits per heavy atom. The monoisotopic (exact) mass is 195 g/mol. The lowest BCUT2D eigenvalue weighted by atomic mass is 10.1. The highest BCUT2D eigenvalue weighted by atomic mass is 15.4. The van der Waals surface area contributed by atoms with E-state index < -0.39 is 0 Å². The number of fused-ring (bicyclic) bond motifs is 3. The molecule has 0 atom stereocenters. The van der Waals surface area contributed by atoms with Crippen LogP contribution in [0, 0.1) is 12.3 Å². The second kappa shape index (κ2) is 2.96. The van der Waals surface area contributed by atoms with Crippen molar-refractivity contribution < 1.29 is 0 Å². The summed E-state index contributed by atoms with van der Waals surface area (Å²) in [5.41, 5.74) is 4.64. The zero-order valence-electron chi connectivity index (χ0n) is 8.14. The number of aromatic nitrogens is 3. The fourth-order valence-corrected chi connectivity index (χ4v) is 2.05. The molecule has 0 amide bonds. The molecule has 1 aliphatic carbocycles. The Labute approximate surface area is 87.7 Å². The standard InChI is InChI=1S/C12H9N3/c1-2-7-15-12-10-6-4-3-5-9(10)8-11(12)13-14-15/h1,3-6H,7-8H2. The van der Waals surface area contributed by atoms with Crippen molar-refractivity contribution in [2.75, 3.05) is 0 Å². The lowest BCUT2D eigenvalue weighted by Gasteiger charge is -2.01. The van der Waals surface area contributed by atoms with Gasteiger partial charge in [0.05, 0.1) is 11.4 Å². The number of nitrogens with zero attached hydrogens (tertiary/aromatic N) is 3. The van der Waals surface area contributed by atoms with Gasteiger partial charge in [0.2, 0.25) is 0 Å². The highest BCUT2D eigenvalue weighted by molar-refractivity contribution is 5.72. The molecule has 0 aliphatic heterocycles. The van der Waals surface area contributed by atoms with E-state index in [9.17, 15) is 0 Å². The van der Waals surface area contributed by atoms with Crippen molar-refractivity contribution in [3.63, 3.8) is 0 Å². The third kappa shape index (κ3) is 1.08. The molecule has 0 fully saturated rings. The number of rotatable bonds is 1. The van der Waals surface area contributed by atoms with Crippen molar-refractivity contribution in [2.24, 2.45) is 0 Å². The first-order valence-electron chi connectivity index (χ1n) is 4.84. The number of benzene rings is 1. The van der Waals surface area contributed by atoms with Crippen molar-refractivity contribution in [1.29, 1.82) is 0 Å². The van der Waals surface area contributed by atoms with Gasteiger partial charge in [-0.15, -0.1) is 11.5 Å². The molecule has 2 aromatic rings. The van der Waals surface area contributed by atoms with Crippen LogP contribution in [-0.4, -0.2) is 15.0 Å². The van der Waals surface area contributed by atoms with Crippen LogP contribution >= 0.6 is 0 Å². The summed E-state index contributed by atoms with van der Waals surface area (Å²) in [6.07, 6.45) is 6.17. The Morgan fingerprint density at radius 2 is 2.27 bits per heavy atom. The van der Waals surface area contributed by atoms with Crippen LogP contribution in [0.25, 0.3) is 11.3 Å². The van der Waals surface area contributed by atoms with Gasteiger partial charge < -0.3 is 0 Å². The lowest BCUT2D eigenvalue weighted by molar-refractivity contribution is 0.676. The van der Waals surface area contributed by atoms with Gasteiger partial charge >= 0.3 is 0 Å². The van der Waals surface area contributed by atoms with Crippen molar-refractivity contribution in [3.8, 4) is 23.6 Å². The highest BCUT2D eigenvalue weighted by Gasteiger charge is 2.23. The van der Waals surface area contributed by atoms with E-state index in [4.69, 9.17) is 6.42 Å². The second-order valence-corrected chi connectivity index (χ2v) is 3.58. The van der Waals surface area contributed by atoms with E-state index in [1.165, 1.54) is 11.1 Å². The normalized spacial score (nSPS) is 11.9. The topological polar surface area (TPSA) is 30.7 Å². The molecule has 0 bridgehead atoms. The van der Waals surface area contributed by atoms with Crippen molar-refractivity contribution in [1.82, 2.24) is 15.0 Å². The first-order chi connectivity index (χ1) is 7.40. The van der Waals surface area contributed by atoms with Crippen molar-refractivity contribution in [3.05, 3.63) is 35.5 Å². The molecule has 0 saturated heterocycles.